The summed E-state index contributed by atoms with van der Waals surface area (Å²) < 4.78 is 0. The van der Waals surface area contributed by atoms with E-state index in [1.807, 2.05) is 19.1 Å². The Morgan fingerprint density at radius 3 is 2.42 bits per heavy atom. The van der Waals surface area contributed by atoms with Gasteiger partial charge in [0, 0.05) is 25.4 Å². The summed E-state index contributed by atoms with van der Waals surface area (Å²) in [5, 5.41) is 5.12. The van der Waals surface area contributed by atoms with E-state index in [0.717, 1.165) is 12.0 Å². The summed E-state index contributed by atoms with van der Waals surface area (Å²) in [5.41, 5.74) is 6.88. The molecule has 0 radical (unpaired) electrons. The highest BCUT2D eigenvalue weighted by Crippen LogP contribution is 2.34. The number of nitrogens with two attached hydrogens (primary N) is 1. The summed E-state index contributed by atoms with van der Waals surface area (Å²) in [6, 6.07) is 9.89. The lowest BCUT2D eigenvalue weighted by molar-refractivity contribution is -0.146. The van der Waals surface area contributed by atoms with E-state index >= 15 is 0 Å². The molecule has 4 N–H and O–H groups in total. The molecule has 3 rings (SSSR count). The quantitative estimate of drug-likeness (QED) is 0.647. The lowest BCUT2D eigenvalue weighted by Crippen LogP contribution is -2.46. The van der Waals surface area contributed by atoms with Crippen LogP contribution in [0.2, 0.25) is 0 Å². The summed E-state index contributed by atoms with van der Waals surface area (Å²) >= 11 is 0. The topological polar surface area (TPSA) is 134 Å². The Labute approximate surface area is 180 Å². The van der Waals surface area contributed by atoms with Gasteiger partial charge in [0.1, 0.15) is 5.82 Å². The van der Waals surface area contributed by atoms with Crippen molar-refractivity contribution in [3.8, 4) is 0 Å². The maximum atomic E-state index is 13.0. The number of hydrogen-bond donors (Lipinski definition) is 3. The molecule has 0 spiro atoms. The van der Waals surface area contributed by atoms with E-state index in [0.29, 0.717) is 18.7 Å². The smallest absolute Gasteiger partial charge is 0.315 e. The van der Waals surface area contributed by atoms with Crippen molar-refractivity contribution in [2.45, 2.75) is 32.7 Å². The Balaban J connectivity index is 1.80. The number of nitrogens with one attached hydrogen (secondary N) is 2. The molecule has 9 heteroatoms. The summed E-state index contributed by atoms with van der Waals surface area (Å²) in [4.78, 5) is 54.0. The summed E-state index contributed by atoms with van der Waals surface area (Å²) in [6.45, 7) is 3.88. The molecule has 0 bridgehead atoms. The summed E-state index contributed by atoms with van der Waals surface area (Å²) in [6.07, 6.45) is 3.01. The largest absolute Gasteiger partial charge is 0.365 e. The van der Waals surface area contributed by atoms with E-state index in [9.17, 15) is 19.2 Å². The molecule has 162 valence electrons. The summed E-state index contributed by atoms with van der Waals surface area (Å²) in [5.74, 6) is -2.31. The molecule has 4 amide bonds. The van der Waals surface area contributed by atoms with Crippen molar-refractivity contribution in [1.29, 1.82) is 0 Å². The van der Waals surface area contributed by atoms with Crippen molar-refractivity contribution in [3.05, 3.63) is 53.7 Å². The predicted molar refractivity (Wildman–Crippen MR) is 115 cm³/mol. The van der Waals surface area contributed by atoms with Crippen LogP contribution in [0.25, 0.3) is 0 Å². The fraction of sp³-hybridized carbons (Fsp3) is 0.318. The van der Waals surface area contributed by atoms with Crippen LogP contribution in [-0.2, 0) is 14.4 Å². The van der Waals surface area contributed by atoms with Gasteiger partial charge >= 0.3 is 11.8 Å². The molecule has 1 aliphatic rings. The first kappa shape index (κ1) is 21.9. The molecule has 9 nitrogen and oxygen atoms in total. The highest BCUT2D eigenvalue weighted by atomic mass is 16.2. The molecular formula is C22H25N5O4. The molecule has 0 saturated carbocycles. The van der Waals surface area contributed by atoms with Gasteiger partial charge < -0.3 is 21.3 Å². The Bertz CT molecular complexity index is 1010. The van der Waals surface area contributed by atoms with Crippen molar-refractivity contribution in [2.24, 2.45) is 11.7 Å². The van der Waals surface area contributed by atoms with Crippen molar-refractivity contribution >= 4 is 35.1 Å². The molecule has 2 aromatic rings. The monoisotopic (exact) mass is 423 g/mol. The van der Waals surface area contributed by atoms with Crippen molar-refractivity contribution in [1.82, 2.24) is 9.88 Å². The van der Waals surface area contributed by atoms with Crippen LogP contribution in [-0.4, -0.2) is 40.1 Å². The van der Waals surface area contributed by atoms with E-state index in [1.165, 1.54) is 25.3 Å². The second-order valence-corrected chi connectivity index (χ2v) is 7.68. The normalized spacial score (nSPS) is 18.2. The predicted octanol–water partition coefficient (Wildman–Crippen LogP) is 2.08. The van der Waals surface area contributed by atoms with Gasteiger partial charge in [-0.05, 0) is 48.6 Å². The number of piperidine rings is 1. The number of amides is 4. The average Bonchev–Trinajstić information content (AvgIpc) is 2.73. The van der Waals surface area contributed by atoms with E-state index in [-0.39, 0.29) is 29.2 Å². The molecule has 2 heterocycles. The zero-order valence-electron chi connectivity index (χ0n) is 17.4. The van der Waals surface area contributed by atoms with Gasteiger partial charge in [-0.15, -0.1) is 0 Å². The van der Waals surface area contributed by atoms with Crippen molar-refractivity contribution < 1.29 is 19.2 Å². The standard InChI is InChI=1S/C22H25N5O4/c1-13-5-10-18(15-6-8-16(9-7-15)25-14(2)28)27(12-13)22(31)21(30)26-20-17(19(23)29)4-3-11-24-20/h3-4,6-9,11,13,18H,5,10,12H2,1-2H3,(H2,23,29)(H,25,28)(H,24,26,30)/t13-,18+/m0/s1. The lowest BCUT2D eigenvalue weighted by Gasteiger charge is -2.38. The molecule has 1 saturated heterocycles. The number of rotatable bonds is 4. The first-order chi connectivity index (χ1) is 14.8. The number of aromatic nitrogens is 1. The van der Waals surface area contributed by atoms with E-state index in [1.54, 1.807) is 17.0 Å². The maximum Gasteiger partial charge on any atom is 0.315 e. The molecule has 0 aliphatic carbocycles. The average molecular weight is 423 g/mol. The Morgan fingerprint density at radius 2 is 1.77 bits per heavy atom. The second kappa shape index (κ2) is 9.38. The fourth-order valence-corrected chi connectivity index (χ4v) is 3.71. The number of pyridine rings is 1. The molecule has 1 aromatic heterocycles. The van der Waals surface area contributed by atoms with Gasteiger partial charge in [0.15, 0.2) is 0 Å². The third-order valence-corrected chi connectivity index (χ3v) is 5.19. The van der Waals surface area contributed by atoms with Crippen LogP contribution in [0, 0.1) is 5.92 Å². The van der Waals surface area contributed by atoms with Gasteiger partial charge in [0.25, 0.3) is 5.91 Å². The third-order valence-electron chi connectivity index (χ3n) is 5.19. The van der Waals surface area contributed by atoms with Crippen LogP contribution < -0.4 is 16.4 Å². The molecule has 1 aromatic carbocycles. The Hall–Kier alpha value is -3.75. The Kier molecular flexibility index (Phi) is 6.64. The number of hydrogen-bond acceptors (Lipinski definition) is 5. The summed E-state index contributed by atoms with van der Waals surface area (Å²) in [7, 11) is 0. The highest BCUT2D eigenvalue weighted by molar-refractivity contribution is 6.39. The molecule has 1 aliphatic heterocycles. The number of benzene rings is 1. The minimum absolute atomic E-state index is 0.0285. The van der Waals surface area contributed by atoms with Gasteiger partial charge in [-0.3, -0.25) is 19.2 Å². The van der Waals surface area contributed by atoms with Gasteiger partial charge in [-0.25, -0.2) is 4.98 Å². The lowest BCUT2D eigenvalue weighted by atomic mass is 9.89. The molecule has 2 atom stereocenters. The first-order valence-electron chi connectivity index (χ1n) is 10.0. The zero-order valence-corrected chi connectivity index (χ0v) is 17.4. The van der Waals surface area contributed by atoms with E-state index < -0.39 is 17.7 Å². The van der Waals surface area contributed by atoms with Gasteiger partial charge in [0.05, 0.1) is 11.6 Å². The van der Waals surface area contributed by atoms with Crippen LogP contribution >= 0.6 is 0 Å². The number of primary amides is 1. The Morgan fingerprint density at radius 1 is 1.06 bits per heavy atom. The molecular weight excluding hydrogens is 398 g/mol. The number of anilines is 2. The third kappa shape index (κ3) is 5.25. The highest BCUT2D eigenvalue weighted by Gasteiger charge is 2.34. The van der Waals surface area contributed by atoms with Crippen LogP contribution in [0.15, 0.2) is 42.6 Å². The number of likely N-dealkylation sites (tertiary alicyclic amines) is 1. The van der Waals surface area contributed by atoms with Gasteiger partial charge in [0.2, 0.25) is 5.91 Å². The SMILES string of the molecule is CC(=O)Nc1ccc([C@H]2CC[C@H](C)CN2C(=O)C(=O)Nc2ncccc2C(N)=O)cc1. The minimum atomic E-state index is -0.879. The first-order valence-corrected chi connectivity index (χ1v) is 10.0. The van der Waals surface area contributed by atoms with Crippen LogP contribution in [0.5, 0.6) is 0 Å². The second-order valence-electron chi connectivity index (χ2n) is 7.68. The van der Waals surface area contributed by atoms with Crippen molar-refractivity contribution in [3.63, 3.8) is 0 Å². The number of carbonyl (C=O) groups is 4. The van der Waals surface area contributed by atoms with Gasteiger partial charge in [-0.2, -0.15) is 0 Å². The van der Waals surface area contributed by atoms with Crippen LogP contribution in [0.1, 0.15) is 48.7 Å². The number of nitrogens with zero attached hydrogens (tertiary/aromatic N) is 2. The fourth-order valence-electron chi connectivity index (χ4n) is 3.71. The minimum Gasteiger partial charge on any atom is -0.365 e. The van der Waals surface area contributed by atoms with E-state index in [2.05, 4.69) is 15.6 Å². The zero-order chi connectivity index (χ0) is 22.5. The van der Waals surface area contributed by atoms with Gasteiger partial charge in [-0.1, -0.05) is 19.1 Å². The van der Waals surface area contributed by atoms with Crippen LogP contribution in [0.3, 0.4) is 0 Å². The van der Waals surface area contributed by atoms with E-state index in [4.69, 9.17) is 5.73 Å². The maximum absolute atomic E-state index is 13.0. The van der Waals surface area contributed by atoms with Crippen molar-refractivity contribution in [2.75, 3.05) is 17.2 Å². The molecule has 1 fully saturated rings. The molecule has 31 heavy (non-hydrogen) atoms. The number of carbonyl (C=O) groups excluding carboxylic acids is 4. The van der Waals surface area contributed by atoms with Crippen LogP contribution in [0.4, 0.5) is 11.5 Å². The molecule has 0 unspecified atom stereocenters.